The van der Waals surface area contributed by atoms with E-state index in [1.54, 1.807) is 10.7 Å². The van der Waals surface area contributed by atoms with Gasteiger partial charge >= 0.3 is 0 Å². The third kappa shape index (κ3) is 2.54. The zero-order valence-corrected chi connectivity index (χ0v) is 12.5. The van der Waals surface area contributed by atoms with Crippen molar-refractivity contribution in [3.8, 4) is 0 Å². The Morgan fingerprint density at radius 2 is 2.17 bits per heavy atom. The van der Waals surface area contributed by atoms with Crippen molar-refractivity contribution in [1.82, 2.24) is 9.78 Å². The van der Waals surface area contributed by atoms with Crippen LogP contribution < -0.4 is 5.56 Å². The molecular formula is C13H14BrClN2O. The molecule has 0 spiro atoms. The molecular weight excluding hydrogens is 316 g/mol. The van der Waals surface area contributed by atoms with Gasteiger partial charge < -0.3 is 0 Å². The van der Waals surface area contributed by atoms with E-state index < -0.39 is 0 Å². The molecule has 1 aromatic heterocycles. The summed E-state index contributed by atoms with van der Waals surface area (Å²) in [6.45, 7) is 3.98. The number of H-pyrrole nitrogens is 1. The number of aromatic nitrogens is 2. The highest BCUT2D eigenvalue weighted by atomic mass is 79.9. The average molecular weight is 330 g/mol. The number of aromatic amines is 1. The number of rotatable bonds is 3. The maximum atomic E-state index is 11.9. The molecule has 5 heteroatoms. The van der Waals surface area contributed by atoms with Crippen LogP contribution in [0.25, 0.3) is 0 Å². The van der Waals surface area contributed by atoms with Crippen molar-refractivity contribution in [2.24, 2.45) is 0 Å². The molecule has 0 bridgehead atoms. The van der Waals surface area contributed by atoms with E-state index in [1.165, 1.54) is 0 Å². The van der Waals surface area contributed by atoms with Crippen LogP contribution in [0, 0.1) is 0 Å². The predicted octanol–water partition coefficient (Wildman–Crippen LogP) is 3.76. The number of halogens is 2. The van der Waals surface area contributed by atoms with E-state index >= 15 is 0 Å². The molecule has 1 atom stereocenters. The molecule has 0 fully saturated rings. The molecule has 0 aliphatic carbocycles. The molecule has 1 unspecified atom stereocenters. The van der Waals surface area contributed by atoms with Crippen molar-refractivity contribution in [3.05, 3.63) is 55.4 Å². The van der Waals surface area contributed by atoms with Gasteiger partial charge in [0.05, 0.1) is 11.1 Å². The van der Waals surface area contributed by atoms with Crippen LogP contribution in [0.5, 0.6) is 0 Å². The monoisotopic (exact) mass is 328 g/mol. The number of nitrogens with zero attached hydrogens (tertiary/aromatic N) is 1. The third-order valence-corrected chi connectivity index (χ3v) is 4.23. The van der Waals surface area contributed by atoms with Crippen molar-refractivity contribution >= 4 is 27.5 Å². The lowest BCUT2D eigenvalue weighted by molar-refractivity contribution is 0.542. The second-order valence-electron chi connectivity index (χ2n) is 4.19. The minimum absolute atomic E-state index is 0.0154. The van der Waals surface area contributed by atoms with Crippen LogP contribution in [0.1, 0.15) is 31.1 Å². The summed E-state index contributed by atoms with van der Waals surface area (Å²) in [7, 11) is 0. The quantitative estimate of drug-likeness (QED) is 0.914. The molecule has 1 heterocycles. The maximum absolute atomic E-state index is 11.9. The predicted molar refractivity (Wildman–Crippen MR) is 77.4 cm³/mol. The number of hydrogen-bond acceptors (Lipinski definition) is 1. The fourth-order valence-electron chi connectivity index (χ4n) is 1.85. The van der Waals surface area contributed by atoms with Crippen LogP contribution in [-0.2, 0) is 6.42 Å². The Hall–Kier alpha value is -1.00. The molecule has 0 saturated heterocycles. The van der Waals surface area contributed by atoms with Crippen LogP contribution in [0.2, 0.25) is 5.02 Å². The fourth-order valence-corrected chi connectivity index (χ4v) is 2.29. The highest BCUT2D eigenvalue weighted by Gasteiger charge is 2.12. The third-order valence-electron chi connectivity index (χ3n) is 2.99. The van der Waals surface area contributed by atoms with Gasteiger partial charge in [0, 0.05) is 16.2 Å². The first-order valence-electron chi connectivity index (χ1n) is 5.78. The molecule has 1 aromatic carbocycles. The summed E-state index contributed by atoms with van der Waals surface area (Å²) in [5.74, 6) is 0. The van der Waals surface area contributed by atoms with Gasteiger partial charge in [-0.05, 0) is 47.0 Å². The van der Waals surface area contributed by atoms with Crippen LogP contribution in [0.15, 0.2) is 33.5 Å². The van der Waals surface area contributed by atoms with Gasteiger partial charge in [0.1, 0.15) is 0 Å². The summed E-state index contributed by atoms with van der Waals surface area (Å²) < 4.78 is 2.48. The Bertz CT molecular complexity index is 618. The Kier molecular flexibility index (Phi) is 3.97. The van der Waals surface area contributed by atoms with Gasteiger partial charge in [-0.15, -0.1) is 0 Å². The standard InChI is InChI=1S/C13H14BrClN2O/c1-3-10-7-13(18)17(16-10)8(2)9-4-5-11(14)12(15)6-9/h4-8,16H,3H2,1-2H3. The number of hydrogen-bond donors (Lipinski definition) is 1. The summed E-state index contributed by atoms with van der Waals surface area (Å²) in [4.78, 5) is 11.9. The normalized spacial score (nSPS) is 12.7. The smallest absolute Gasteiger partial charge is 0.267 e. The minimum atomic E-state index is -0.0663. The van der Waals surface area contributed by atoms with Gasteiger partial charge in [-0.3, -0.25) is 9.89 Å². The van der Waals surface area contributed by atoms with Gasteiger partial charge in [-0.2, -0.15) is 0 Å². The lowest BCUT2D eigenvalue weighted by atomic mass is 10.1. The summed E-state index contributed by atoms with van der Waals surface area (Å²) in [6, 6.07) is 7.29. The van der Waals surface area contributed by atoms with Crippen molar-refractivity contribution in [1.29, 1.82) is 0 Å². The molecule has 1 N–H and O–H groups in total. The highest BCUT2D eigenvalue weighted by Crippen LogP contribution is 2.26. The van der Waals surface area contributed by atoms with Crippen molar-refractivity contribution in [2.45, 2.75) is 26.3 Å². The number of benzene rings is 1. The summed E-state index contributed by atoms with van der Waals surface area (Å²) in [5.41, 5.74) is 1.92. The van der Waals surface area contributed by atoms with Crippen molar-refractivity contribution < 1.29 is 0 Å². The topological polar surface area (TPSA) is 37.8 Å². The Labute approximate surface area is 119 Å². The minimum Gasteiger partial charge on any atom is -0.299 e. The van der Waals surface area contributed by atoms with E-state index in [4.69, 9.17) is 11.6 Å². The van der Waals surface area contributed by atoms with E-state index in [-0.39, 0.29) is 11.6 Å². The lowest BCUT2D eigenvalue weighted by Crippen LogP contribution is -2.20. The molecule has 0 aliphatic heterocycles. The van der Waals surface area contributed by atoms with E-state index in [2.05, 4.69) is 21.0 Å². The van der Waals surface area contributed by atoms with Gasteiger partial charge in [-0.1, -0.05) is 24.6 Å². The molecule has 3 nitrogen and oxygen atoms in total. The summed E-state index contributed by atoms with van der Waals surface area (Å²) in [6.07, 6.45) is 0.816. The molecule has 0 radical (unpaired) electrons. The van der Waals surface area contributed by atoms with E-state index in [9.17, 15) is 4.79 Å². The number of nitrogens with one attached hydrogen (secondary N) is 1. The van der Waals surface area contributed by atoms with Gasteiger partial charge in [0.2, 0.25) is 0 Å². The maximum Gasteiger partial charge on any atom is 0.267 e. The Balaban J connectivity index is 2.40. The number of aryl methyl sites for hydroxylation is 1. The van der Waals surface area contributed by atoms with Crippen LogP contribution in [0.3, 0.4) is 0 Å². The fraction of sp³-hybridized carbons (Fsp3) is 0.308. The first-order chi connectivity index (χ1) is 8.52. The molecule has 0 saturated carbocycles. The molecule has 96 valence electrons. The highest BCUT2D eigenvalue weighted by molar-refractivity contribution is 9.10. The van der Waals surface area contributed by atoms with E-state index in [1.807, 2.05) is 32.0 Å². The van der Waals surface area contributed by atoms with Crippen molar-refractivity contribution in [2.75, 3.05) is 0 Å². The molecule has 18 heavy (non-hydrogen) atoms. The SMILES string of the molecule is CCc1cc(=O)n(C(C)c2ccc(Br)c(Cl)c2)[nH]1. The van der Waals surface area contributed by atoms with Crippen molar-refractivity contribution in [3.63, 3.8) is 0 Å². The average Bonchev–Trinajstić information content (AvgIpc) is 2.73. The molecule has 2 aromatic rings. The lowest BCUT2D eigenvalue weighted by Gasteiger charge is -2.13. The second kappa shape index (κ2) is 5.33. The zero-order valence-electron chi connectivity index (χ0n) is 10.2. The first kappa shape index (κ1) is 13.4. The molecule has 0 aliphatic rings. The van der Waals surface area contributed by atoms with Crippen LogP contribution in [-0.4, -0.2) is 9.78 Å². The van der Waals surface area contributed by atoms with Gasteiger partial charge in [0.15, 0.2) is 0 Å². The van der Waals surface area contributed by atoms with Crippen LogP contribution >= 0.6 is 27.5 Å². The second-order valence-corrected chi connectivity index (χ2v) is 5.45. The zero-order chi connectivity index (χ0) is 13.3. The largest absolute Gasteiger partial charge is 0.299 e. The van der Waals surface area contributed by atoms with E-state index in [0.717, 1.165) is 22.2 Å². The van der Waals surface area contributed by atoms with Gasteiger partial charge in [-0.25, -0.2) is 4.68 Å². The summed E-state index contributed by atoms with van der Waals surface area (Å²) >= 11 is 9.43. The molecule has 0 amide bonds. The Morgan fingerprint density at radius 1 is 1.44 bits per heavy atom. The van der Waals surface area contributed by atoms with Crippen LogP contribution in [0.4, 0.5) is 0 Å². The first-order valence-corrected chi connectivity index (χ1v) is 6.95. The van der Waals surface area contributed by atoms with Gasteiger partial charge in [0.25, 0.3) is 5.56 Å². The van der Waals surface area contributed by atoms with E-state index in [0.29, 0.717) is 5.02 Å². The molecule has 2 rings (SSSR count). The Morgan fingerprint density at radius 3 is 2.72 bits per heavy atom. The summed E-state index contributed by atoms with van der Waals surface area (Å²) in [5, 5.41) is 3.76.